The van der Waals surface area contributed by atoms with Crippen LogP contribution in [-0.2, 0) is 0 Å². The number of hydrogen-bond acceptors (Lipinski definition) is 5. The number of hydrogen-bond donors (Lipinski definition) is 1. The van der Waals surface area contributed by atoms with Crippen LogP contribution in [0.25, 0.3) is 0 Å². The Morgan fingerprint density at radius 2 is 2.07 bits per heavy atom. The summed E-state index contributed by atoms with van der Waals surface area (Å²) in [5.41, 5.74) is 7.63. The van der Waals surface area contributed by atoms with Gasteiger partial charge < -0.3 is 5.73 Å². The van der Waals surface area contributed by atoms with Gasteiger partial charge in [-0.1, -0.05) is 0 Å². The molecule has 0 saturated heterocycles. The van der Waals surface area contributed by atoms with Crippen LogP contribution in [0.15, 0.2) is 40.9 Å². The van der Waals surface area contributed by atoms with Crippen LogP contribution in [0.5, 0.6) is 0 Å². The monoisotopic (exact) mass is 218 g/mol. The molecule has 4 nitrogen and oxygen atoms in total. The largest absolute Gasteiger partial charge is 0.396 e. The van der Waals surface area contributed by atoms with Crippen molar-refractivity contribution >= 4 is 17.4 Å². The summed E-state index contributed by atoms with van der Waals surface area (Å²) in [5.74, 6) is 0. The summed E-state index contributed by atoms with van der Waals surface area (Å²) >= 11 is 1.42. The summed E-state index contributed by atoms with van der Waals surface area (Å²) in [6.07, 6.45) is 6.71. The van der Waals surface area contributed by atoms with Gasteiger partial charge in [-0.2, -0.15) is 0 Å². The molecule has 0 spiro atoms. The van der Waals surface area contributed by atoms with E-state index in [4.69, 9.17) is 5.73 Å². The minimum Gasteiger partial charge on any atom is -0.396 e. The van der Waals surface area contributed by atoms with Crippen molar-refractivity contribution in [3.63, 3.8) is 0 Å². The molecule has 15 heavy (non-hydrogen) atoms. The number of nitrogens with two attached hydrogens (primary N) is 1. The minimum absolute atomic E-state index is 0.702. The van der Waals surface area contributed by atoms with E-state index in [2.05, 4.69) is 15.0 Å². The van der Waals surface area contributed by atoms with E-state index in [9.17, 15) is 0 Å². The Bertz CT molecular complexity index is 458. The van der Waals surface area contributed by atoms with Crippen molar-refractivity contribution in [1.29, 1.82) is 0 Å². The second-order valence-corrected chi connectivity index (χ2v) is 4.00. The molecule has 0 aromatic carbocycles. The maximum atomic E-state index is 5.90. The Balaban J connectivity index is 2.29. The number of nitrogen functional groups attached to an aromatic ring is 1. The van der Waals surface area contributed by atoms with Crippen molar-refractivity contribution in [1.82, 2.24) is 15.0 Å². The van der Waals surface area contributed by atoms with Crippen molar-refractivity contribution in [3.8, 4) is 0 Å². The molecule has 2 rings (SSSR count). The lowest BCUT2D eigenvalue weighted by Crippen LogP contribution is -1.95. The van der Waals surface area contributed by atoms with Crippen LogP contribution in [0, 0.1) is 6.92 Å². The van der Waals surface area contributed by atoms with Gasteiger partial charge in [0.25, 0.3) is 0 Å². The molecule has 0 radical (unpaired) electrons. The second kappa shape index (κ2) is 4.27. The van der Waals surface area contributed by atoms with Crippen molar-refractivity contribution in [2.75, 3.05) is 5.73 Å². The smallest absolute Gasteiger partial charge is 0.125 e. The second-order valence-electron chi connectivity index (χ2n) is 2.99. The maximum absolute atomic E-state index is 5.90. The van der Waals surface area contributed by atoms with Crippen molar-refractivity contribution < 1.29 is 0 Å². The SMILES string of the molecule is Cc1ccnc(Sc2cnccn2)c1N. The van der Waals surface area contributed by atoms with Gasteiger partial charge >= 0.3 is 0 Å². The minimum atomic E-state index is 0.702. The lowest BCUT2D eigenvalue weighted by atomic mass is 10.3. The van der Waals surface area contributed by atoms with E-state index in [0.717, 1.165) is 15.6 Å². The summed E-state index contributed by atoms with van der Waals surface area (Å²) in [5, 5.41) is 1.57. The predicted octanol–water partition coefficient (Wildman–Crippen LogP) is 1.91. The lowest BCUT2D eigenvalue weighted by molar-refractivity contribution is 1.04. The number of anilines is 1. The molecule has 5 heteroatoms. The van der Waals surface area contributed by atoms with Gasteiger partial charge in [0, 0.05) is 18.6 Å². The maximum Gasteiger partial charge on any atom is 0.125 e. The van der Waals surface area contributed by atoms with Crippen molar-refractivity contribution in [2.24, 2.45) is 0 Å². The Labute approximate surface area is 92.0 Å². The summed E-state index contributed by atoms with van der Waals surface area (Å²) in [4.78, 5) is 12.3. The molecule has 0 saturated carbocycles. The van der Waals surface area contributed by atoms with E-state index >= 15 is 0 Å². The highest BCUT2D eigenvalue weighted by Crippen LogP contribution is 2.29. The highest BCUT2D eigenvalue weighted by molar-refractivity contribution is 7.99. The van der Waals surface area contributed by atoms with Crippen LogP contribution in [0.3, 0.4) is 0 Å². The third-order valence-corrected chi connectivity index (χ3v) is 2.85. The molecule has 2 aromatic heterocycles. The fraction of sp³-hybridized carbons (Fsp3) is 0.100. The van der Waals surface area contributed by atoms with Crippen LogP contribution in [-0.4, -0.2) is 15.0 Å². The molecule has 0 unspecified atom stereocenters. The number of rotatable bonds is 2. The highest BCUT2D eigenvalue weighted by atomic mass is 32.2. The summed E-state index contributed by atoms with van der Waals surface area (Å²) in [7, 11) is 0. The van der Waals surface area contributed by atoms with Crippen LogP contribution in [0.4, 0.5) is 5.69 Å². The molecule has 0 fully saturated rings. The third kappa shape index (κ3) is 2.24. The van der Waals surface area contributed by atoms with E-state index < -0.39 is 0 Å². The molecular weight excluding hydrogens is 208 g/mol. The van der Waals surface area contributed by atoms with E-state index in [-0.39, 0.29) is 0 Å². The van der Waals surface area contributed by atoms with E-state index in [1.54, 1.807) is 24.8 Å². The molecule has 0 aliphatic carbocycles. The first kappa shape index (κ1) is 9.92. The van der Waals surface area contributed by atoms with Gasteiger partial charge in [-0.05, 0) is 30.3 Å². The lowest BCUT2D eigenvalue weighted by Gasteiger charge is -2.05. The summed E-state index contributed by atoms with van der Waals surface area (Å²) in [6.45, 7) is 1.96. The van der Waals surface area contributed by atoms with Crippen LogP contribution >= 0.6 is 11.8 Å². The Hall–Kier alpha value is -1.62. The molecule has 0 aliphatic heterocycles. The standard InChI is InChI=1S/C10H10N4S/c1-7-2-3-14-10(9(7)11)15-8-6-12-4-5-13-8/h2-6H,11H2,1H3. The van der Waals surface area contributed by atoms with Crippen LogP contribution < -0.4 is 5.73 Å². The zero-order valence-corrected chi connectivity index (χ0v) is 9.03. The first-order valence-corrected chi connectivity index (χ1v) is 5.24. The van der Waals surface area contributed by atoms with Gasteiger partial charge in [0.15, 0.2) is 0 Å². The molecular formula is C10H10N4S. The molecule has 0 amide bonds. The molecule has 2 aromatic rings. The molecule has 0 atom stereocenters. The number of aromatic nitrogens is 3. The van der Waals surface area contributed by atoms with Gasteiger partial charge in [0.05, 0.1) is 11.9 Å². The summed E-state index contributed by atoms with van der Waals surface area (Å²) < 4.78 is 0. The van der Waals surface area contributed by atoms with Gasteiger partial charge in [0.1, 0.15) is 10.1 Å². The van der Waals surface area contributed by atoms with Crippen LogP contribution in [0.2, 0.25) is 0 Å². The first-order valence-electron chi connectivity index (χ1n) is 4.42. The van der Waals surface area contributed by atoms with Crippen molar-refractivity contribution in [2.45, 2.75) is 17.0 Å². The van der Waals surface area contributed by atoms with E-state index in [0.29, 0.717) is 5.69 Å². The molecule has 2 heterocycles. The average Bonchev–Trinajstić information content (AvgIpc) is 2.26. The Morgan fingerprint density at radius 3 is 2.80 bits per heavy atom. The quantitative estimate of drug-likeness (QED) is 0.834. The zero-order valence-electron chi connectivity index (χ0n) is 8.21. The molecule has 0 aliphatic rings. The normalized spacial score (nSPS) is 10.2. The van der Waals surface area contributed by atoms with Gasteiger partial charge in [-0.15, -0.1) is 0 Å². The summed E-state index contributed by atoms with van der Waals surface area (Å²) in [6, 6.07) is 1.88. The van der Waals surface area contributed by atoms with E-state index in [1.807, 2.05) is 13.0 Å². The topological polar surface area (TPSA) is 64.7 Å². The van der Waals surface area contributed by atoms with Gasteiger partial charge in [-0.25, -0.2) is 9.97 Å². The number of pyridine rings is 1. The fourth-order valence-electron chi connectivity index (χ4n) is 1.06. The van der Waals surface area contributed by atoms with Gasteiger partial charge in [-0.3, -0.25) is 4.98 Å². The zero-order chi connectivity index (χ0) is 10.7. The predicted molar refractivity (Wildman–Crippen MR) is 59.5 cm³/mol. The third-order valence-electron chi connectivity index (χ3n) is 1.91. The first-order chi connectivity index (χ1) is 7.27. The Kier molecular flexibility index (Phi) is 2.82. The van der Waals surface area contributed by atoms with Crippen molar-refractivity contribution in [3.05, 3.63) is 36.4 Å². The fourth-order valence-corrected chi connectivity index (χ4v) is 1.87. The molecule has 0 bridgehead atoms. The van der Waals surface area contributed by atoms with Crippen LogP contribution in [0.1, 0.15) is 5.56 Å². The number of nitrogens with zero attached hydrogens (tertiary/aromatic N) is 3. The van der Waals surface area contributed by atoms with E-state index in [1.165, 1.54) is 11.8 Å². The average molecular weight is 218 g/mol. The number of aryl methyl sites for hydroxylation is 1. The van der Waals surface area contributed by atoms with Gasteiger partial charge in [0.2, 0.25) is 0 Å². The molecule has 76 valence electrons. The molecule has 2 N–H and O–H groups in total. The highest BCUT2D eigenvalue weighted by Gasteiger charge is 2.05. The Morgan fingerprint density at radius 1 is 1.20 bits per heavy atom.